The Morgan fingerprint density at radius 2 is 2.09 bits per heavy atom. The number of aliphatic hydroxyl groups is 1. The Labute approximate surface area is 136 Å². The highest BCUT2D eigenvalue weighted by Crippen LogP contribution is 2.32. The van der Waals surface area contributed by atoms with Crippen LogP contribution in [0, 0.1) is 0 Å². The normalized spacial score (nSPS) is 21.6. The summed E-state index contributed by atoms with van der Waals surface area (Å²) in [7, 11) is 0. The largest absolute Gasteiger partial charge is 0.371 e. The van der Waals surface area contributed by atoms with E-state index in [0.29, 0.717) is 18.7 Å². The summed E-state index contributed by atoms with van der Waals surface area (Å²) in [6.07, 6.45) is 4.49. The smallest absolute Gasteiger partial charge is 0.328 e. The van der Waals surface area contributed by atoms with Gasteiger partial charge >= 0.3 is 6.03 Å². The lowest BCUT2D eigenvalue weighted by Gasteiger charge is -2.21. The predicted molar refractivity (Wildman–Crippen MR) is 89.1 cm³/mol. The maximum Gasteiger partial charge on any atom is 0.328 e. The lowest BCUT2D eigenvalue weighted by molar-refractivity contribution is 0.124. The van der Waals surface area contributed by atoms with Crippen LogP contribution in [0.5, 0.6) is 0 Å². The van der Waals surface area contributed by atoms with E-state index in [4.69, 9.17) is 4.52 Å². The molecular formula is C17H23N3O3. The molecule has 124 valence electrons. The van der Waals surface area contributed by atoms with Crippen LogP contribution in [0.3, 0.4) is 0 Å². The lowest BCUT2D eigenvalue weighted by Crippen LogP contribution is -2.37. The molecule has 1 N–H and O–H groups in total. The molecule has 1 aliphatic heterocycles. The number of urea groups is 1. The van der Waals surface area contributed by atoms with Crippen molar-refractivity contribution >= 4 is 11.8 Å². The van der Waals surface area contributed by atoms with Crippen molar-refractivity contribution in [1.82, 2.24) is 10.1 Å². The van der Waals surface area contributed by atoms with Crippen molar-refractivity contribution in [1.29, 1.82) is 0 Å². The van der Waals surface area contributed by atoms with Crippen LogP contribution in [0.1, 0.15) is 26.0 Å². The average Bonchev–Trinajstić information content (AvgIpc) is 3.08. The zero-order valence-corrected chi connectivity index (χ0v) is 13.6. The maximum absolute atomic E-state index is 12.6. The third-order valence-corrected chi connectivity index (χ3v) is 4.08. The van der Waals surface area contributed by atoms with Crippen molar-refractivity contribution < 1.29 is 14.4 Å². The molecule has 1 aliphatic rings. The monoisotopic (exact) mass is 317 g/mol. The van der Waals surface area contributed by atoms with Gasteiger partial charge in [-0.05, 0) is 20.3 Å². The Kier molecular flexibility index (Phi) is 4.75. The number of hydrogen-bond acceptors (Lipinski definition) is 4. The molecule has 2 amide bonds. The van der Waals surface area contributed by atoms with E-state index in [0.717, 1.165) is 0 Å². The number of nitrogens with zero attached hydrogens (tertiary/aromatic N) is 3. The van der Waals surface area contributed by atoms with Gasteiger partial charge in [0.2, 0.25) is 0 Å². The Balaban J connectivity index is 2.35. The summed E-state index contributed by atoms with van der Waals surface area (Å²) in [6.45, 7) is 15.3. The van der Waals surface area contributed by atoms with Crippen molar-refractivity contribution in [3.8, 4) is 0 Å². The van der Waals surface area contributed by atoms with Gasteiger partial charge < -0.3 is 14.5 Å². The Morgan fingerprint density at radius 1 is 1.39 bits per heavy atom. The van der Waals surface area contributed by atoms with Crippen LogP contribution < -0.4 is 4.90 Å². The number of carbonyl (C=O) groups excluding carboxylic acids is 1. The molecule has 0 spiro atoms. The summed E-state index contributed by atoms with van der Waals surface area (Å²) in [6, 6.07) is 0.927. The van der Waals surface area contributed by atoms with Crippen molar-refractivity contribution in [3.05, 3.63) is 49.8 Å². The number of aromatic nitrogens is 1. The van der Waals surface area contributed by atoms with Crippen LogP contribution in [0.2, 0.25) is 0 Å². The second-order valence-corrected chi connectivity index (χ2v) is 6.07. The number of hydrogen-bond donors (Lipinski definition) is 1. The first-order valence-corrected chi connectivity index (χ1v) is 7.47. The van der Waals surface area contributed by atoms with Crippen LogP contribution in [-0.2, 0) is 5.41 Å². The Morgan fingerprint density at radius 3 is 2.65 bits per heavy atom. The number of aliphatic hydroxyl groups excluding tert-OH is 1. The summed E-state index contributed by atoms with van der Waals surface area (Å²) in [4.78, 5) is 15.4. The van der Waals surface area contributed by atoms with E-state index in [1.54, 1.807) is 29.2 Å². The van der Waals surface area contributed by atoms with Gasteiger partial charge in [-0.1, -0.05) is 23.4 Å². The molecule has 0 radical (unpaired) electrons. The predicted octanol–water partition coefficient (Wildman–Crippen LogP) is 2.83. The van der Waals surface area contributed by atoms with Crippen LogP contribution in [0.4, 0.5) is 10.6 Å². The molecule has 23 heavy (non-hydrogen) atoms. The number of carbonyl (C=O) groups is 1. The van der Waals surface area contributed by atoms with Gasteiger partial charge in [-0.25, -0.2) is 9.69 Å². The molecule has 0 aliphatic carbocycles. The van der Waals surface area contributed by atoms with E-state index in [-0.39, 0.29) is 11.8 Å². The van der Waals surface area contributed by atoms with Crippen molar-refractivity contribution in [2.45, 2.75) is 38.0 Å². The number of rotatable bonds is 7. The summed E-state index contributed by atoms with van der Waals surface area (Å²) < 4.78 is 5.33. The maximum atomic E-state index is 12.6. The van der Waals surface area contributed by atoms with Crippen molar-refractivity contribution in [2.75, 3.05) is 11.4 Å². The van der Waals surface area contributed by atoms with E-state index in [2.05, 4.69) is 24.9 Å². The van der Waals surface area contributed by atoms with Crippen LogP contribution in [-0.4, -0.2) is 40.0 Å². The number of amides is 2. The molecule has 2 heterocycles. The van der Waals surface area contributed by atoms with Gasteiger partial charge in [-0.15, -0.1) is 19.7 Å². The standard InChI is InChI=1S/C17H23N3O3/c1-6-9-12-15(21)20(16(22)19(12)10-7-2)14-11-13(23-18-14)17(4,5)8-3/h6-8,11-12,15,21H,1-3,9-10H2,4-5H3. The molecule has 1 fully saturated rings. The fourth-order valence-corrected chi connectivity index (χ4v) is 2.52. The average molecular weight is 317 g/mol. The molecule has 2 rings (SSSR count). The molecule has 1 saturated heterocycles. The number of allylic oxidation sites excluding steroid dienone is 1. The van der Waals surface area contributed by atoms with Crippen molar-refractivity contribution in [2.24, 2.45) is 0 Å². The van der Waals surface area contributed by atoms with E-state index >= 15 is 0 Å². The van der Waals surface area contributed by atoms with E-state index in [1.165, 1.54) is 4.90 Å². The van der Waals surface area contributed by atoms with Crippen molar-refractivity contribution in [3.63, 3.8) is 0 Å². The second-order valence-electron chi connectivity index (χ2n) is 6.07. The molecule has 6 heteroatoms. The summed E-state index contributed by atoms with van der Waals surface area (Å²) in [5, 5.41) is 14.5. The highest BCUT2D eigenvalue weighted by molar-refractivity contribution is 5.94. The van der Waals surface area contributed by atoms with Crippen LogP contribution >= 0.6 is 0 Å². The third-order valence-electron chi connectivity index (χ3n) is 4.08. The van der Waals surface area contributed by atoms with E-state index < -0.39 is 17.7 Å². The minimum absolute atomic E-state index is 0.285. The van der Waals surface area contributed by atoms with Gasteiger partial charge in [-0.2, -0.15) is 0 Å². The molecule has 2 unspecified atom stereocenters. The highest BCUT2D eigenvalue weighted by Gasteiger charge is 2.46. The lowest BCUT2D eigenvalue weighted by atomic mass is 9.91. The minimum Gasteiger partial charge on any atom is -0.371 e. The molecular weight excluding hydrogens is 294 g/mol. The SMILES string of the molecule is C=CCC1C(O)N(c2cc(C(C)(C)C=C)on2)C(=O)N1CC=C. The molecule has 0 aromatic carbocycles. The zero-order valence-electron chi connectivity index (χ0n) is 13.6. The third kappa shape index (κ3) is 2.94. The summed E-state index contributed by atoms with van der Waals surface area (Å²) in [5.74, 6) is 0.859. The molecule has 6 nitrogen and oxygen atoms in total. The van der Waals surface area contributed by atoms with Gasteiger partial charge in [0.05, 0.1) is 6.04 Å². The minimum atomic E-state index is -1.02. The Bertz CT molecular complexity index is 620. The zero-order chi connectivity index (χ0) is 17.2. The van der Waals surface area contributed by atoms with Gasteiger partial charge in [0.1, 0.15) is 5.76 Å². The van der Waals surface area contributed by atoms with E-state index in [1.807, 2.05) is 13.8 Å². The summed E-state index contributed by atoms with van der Waals surface area (Å²) in [5.41, 5.74) is -0.416. The van der Waals surface area contributed by atoms with Crippen LogP contribution in [0.25, 0.3) is 0 Å². The van der Waals surface area contributed by atoms with E-state index in [9.17, 15) is 9.90 Å². The van der Waals surface area contributed by atoms with Gasteiger partial charge in [0.15, 0.2) is 12.0 Å². The van der Waals surface area contributed by atoms with Gasteiger partial charge in [0.25, 0.3) is 0 Å². The molecule has 0 bridgehead atoms. The second kappa shape index (κ2) is 6.42. The Hall–Kier alpha value is -2.34. The van der Waals surface area contributed by atoms with Gasteiger partial charge in [0, 0.05) is 18.0 Å². The quantitative estimate of drug-likeness (QED) is 0.785. The first kappa shape index (κ1) is 17.0. The first-order valence-electron chi connectivity index (χ1n) is 7.47. The number of anilines is 1. The summed E-state index contributed by atoms with van der Waals surface area (Å²) >= 11 is 0. The van der Waals surface area contributed by atoms with Crippen LogP contribution in [0.15, 0.2) is 48.6 Å². The topological polar surface area (TPSA) is 69.8 Å². The van der Waals surface area contributed by atoms with Gasteiger partial charge in [-0.3, -0.25) is 0 Å². The molecule has 2 atom stereocenters. The molecule has 1 aromatic heterocycles. The fraction of sp³-hybridized carbons (Fsp3) is 0.412. The first-order chi connectivity index (χ1) is 10.9. The molecule has 0 saturated carbocycles. The fourth-order valence-electron chi connectivity index (χ4n) is 2.52. The molecule has 1 aromatic rings. The highest BCUT2D eigenvalue weighted by atomic mass is 16.5.